The van der Waals surface area contributed by atoms with Crippen LogP contribution in [0.15, 0.2) is 24.4 Å². The molecule has 1 aliphatic carbocycles. The number of nitrogens with zero attached hydrogens (tertiary/aromatic N) is 3. The van der Waals surface area contributed by atoms with Crippen LogP contribution in [0.4, 0.5) is 13.2 Å². The molecule has 2 aromatic rings. The van der Waals surface area contributed by atoms with Crippen LogP contribution in [0.2, 0.25) is 10.0 Å². The number of aryl methyl sites for hydroxylation is 1. The van der Waals surface area contributed by atoms with E-state index in [0.717, 1.165) is 6.20 Å². The predicted octanol–water partition coefficient (Wildman–Crippen LogP) is 4.36. The molecule has 0 saturated carbocycles. The van der Waals surface area contributed by atoms with E-state index in [4.69, 9.17) is 23.2 Å². The molecular weight excluding hydrogens is 478 g/mol. The van der Waals surface area contributed by atoms with Crippen molar-refractivity contribution in [1.29, 1.82) is 0 Å². The minimum atomic E-state index is -5.62. The van der Waals surface area contributed by atoms with Crippen molar-refractivity contribution in [2.24, 2.45) is 5.92 Å². The van der Waals surface area contributed by atoms with Gasteiger partial charge in [-0.2, -0.15) is 30.8 Å². The molecule has 1 fully saturated rings. The van der Waals surface area contributed by atoms with Gasteiger partial charge in [-0.25, -0.2) is 0 Å². The van der Waals surface area contributed by atoms with Gasteiger partial charge in [-0.15, -0.1) is 0 Å². The number of likely N-dealkylation sites (tertiary alicyclic amines) is 1. The van der Waals surface area contributed by atoms with E-state index >= 15 is 0 Å². The number of benzene rings is 1. The molecule has 12 heteroatoms. The van der Waals surface area contributed by atoms with Gasteiger partial charge in [0.05, 0.1) is 11.7 Å². The maximum atomic E-state index is 13.1. The summed E-state index contributed by atoms with van der Waals surface area (Å²) in [6.07, 6.45) is 3.26. The third kappa shape index (κ3) is 3.93. The molecule has 6 nitrogen and oxygen atoms in total. The number of rotatable bonds is 4. The summed E-state index contributed by atoms with van der Waals surface area (Å²) in [5, 5.41) is 4.62. The fourth-order valence-corrected chi connectivity index (χ4v) is 5.50. The first kappa shape index (κ1) is 22.4. The molecule has 2 aliphatic rings. The first-order valence-corrected chi connectivity index (χ1v) is 11.8. The summed E-state index contributed by atoms with van der Waals surface area (Å²) in [5.41, 5.74) is -4.15. The van der Waals surface area contributed by atoms with Gasteiger partial charge in [0.1, 0.15) is 0 Å². The lowest BCUT2D eigenvalue weighted by Gasteiger charge is -2.31. The fourth-order valence-electron chi connectivity index (χ4n) is 4.28. The number of hydrogen-bond donors (Lipinski definition) is 0. The summed E-state index contributed by atoms with van der Waals surface area (Å²) < 4.78 is 62.3. The summed E-state index contributed by atoms with van der Waals surface area (Å²) in [6, 6.07) is 4.60. The summed E-state index contributed by atoms with van der Waals surface area (Å²) in [4.78, 5) is 14.7. The van der Waals surface area contributed by atoms with Gasteiger partial charge >= 0.3 is 15.5 Å². The zero-order valence-corrected chi connectivity index (χ0v) is 18.4. The molecule has 0 N–H and O–H groups in total. The van der Waals surface area contributed by atoms with Crippen LogP contribution in [0.3, 0.4) is 0 Å². The van der Waals surface area contributed by atoms with Crippen LogP contribution >= 0.6 is 23.2 Å². The van der Waals surface area contributed by atoms with Crippen LogP contribution in [-0.4, -0.2) is 40.5 Å². The van der Waals surface area contributed by atoms with E-state index < -0.39 is 21.6 Å². The van der Waals surface area contributed by atoms with Gasteiger partial charge < -0.3 is 4.90 Å². The maximum Gasteiger partial charge on any atom is 0.518 e. The second kappa shape index (κ2) is 7.97. The Labute approximate surface area is 187 Å². The second-order valence-corrected chi connectivity index (χ2v) is 10.3. The second-order valence-electron chi connectivity index (χ2n) is 7.68. The van der Waals surface area contributed by atoms with Crippen LogP contribution < -0.4 is 0 Å². The number of carbonyl (C=O) groups excluding carboxylic acids is 1. The molecule has 1 aromatic heterocycles. The number of carbonyl (C=O) groups is 1. The third-order valence-corrected chi connectivity index (χ3v) is 7.80. The monoisotopic (exact) mass is 495 g/mol. The Balaban J connectivity index is 1.59. The molecule has 1 amide bonds. The minimum Gasteiger partial charge on any atom is -0.335 e. The molecule has 4 rings (SSSR count). The van der Waals surface area contributed by atoms with E-state index in [9.17, 15) is 26.4 Å². The van der Waals surface area contributed by atoms with Crippen LogP contribution in [0, 0.1) is 5.92 Å². The fraction of sp³-hybridized carbons (Fsp3) is 0.474. The Morgan fingerprint density at radius 1 is 1.16 bits per heavy atom. The van der Waals surface area contributed by atoms with Gasteiger partial charge in [-0.1, -0.05) is 29.3 Å². The number of amides is 1. The normalized spacial score (nSPS) is 22.1. The molecule has 1 aromatic carbocycles. The van der Waals surface area contributed by atoms with Crippen molar-refractivity contribution >= 4 is 39.1 Å². The van der Waals surface area contributed by atoms with Gasteiger partial charge in [0.15, 0.2) is 0 Å². The van der Waals surface area contributed by atoms with Gasteiger partial charge in [-0.05, 0) is 49.8 Å². The number of fused-ring (bicyclic) bond motifs is 1. The molecule has 0 spiro atoms. The highest BCUT2D eigenvalue weighted by Crippen LogP contribution is 2.40. The summed E-state index contributed by atoms with van der Waals surface area (Å²) in [7, 11) is -5.62. The zero-order chi connectivity index (χ0) is 22.6. The van der Waals surface area contributed by atoms with E-state index in [-0.39, 0.29) is 21.6 Å². The quantitative estimate of drug-likeness (QED) is 0.631. The Bertz CT molecular complexity index is 1110. The van der Waals surface area contributed by atoms with Crippen LogP contribution in [-0.2, 0) is 27.7 Å². The van der Waals surface area contributed by atoms with Crippen molar-refractivity contribution in [3.05, 3.63) is 51.3 Å². The smallest absolute Gasteiger partial charge is 0.335 e. The topological polar surface area (TPSA) is 72.3 Å². The Hall–Kier alpha value is -1.78. The Morgan fingerprint density at radius 3 is 2.48 bits per heavy atom. The largest absolute Gasteiger partial charge is 0.518 e. The van der Waals surface area contributed by atoms with E-state index in [1.54, 1.807) is 23.1 Å². The van der Waals surface area contributed by atoms with Crippen molar-refractivity contribution in [2.75, 3.05) is 6.54 Å². The highest BCUT2D eigenvalue weighted by Gasteiger charge is 2.49. The number of alkyl halides is 3. The number of halogens is 5. The maximum absolute atomic E-state index is 13.1. The standard InChI is InChI=1S/C19H18Cl2F3N3O3S/c20-14-3-1-4-15(21)12(14)9-11-7-8-26(18(11)28)17-6-2-5-16-13(17)10-27(25-16)31(29,30)19(22,23)24/h1,3-4,10-11,17H,2,5-9H2/t11?,17-/m1/s1. The van der Waals surface area contributed by atoms with Crippen molar-refractivity contribution in [3.8, 4) is 0 Å². The minimum absolute atomic E-state index is 0.0163. The molecule has 1 saturated heterocycles. The Kier molecular flexibility index (Phi) is 5.76. The molecule has 0 bridgehead atoms. The molecule has 1 aliphatic heterocycles. The average molecular weight is 496 g/mol. The lowest BCUT2D eigenvalue weighted by molar-refractivity contribution is -0.133. The van der Waals surface area contributed by atoms with Gasteiger partial charge in [0, 0.05) is 34.3 Å². The number of hydrogen-bond acceptors (Lipinski definition) is 4. The van der Waals surface area contributed by atoms with Crippen molar-refractivity contribution in [1.82, 2.24) is 14.1 Å². The molecular formula is C19H18Cl2F3N3O3S. The average Bonchev–Trinajstić information content (AvgIpc) is 3.28. The molecule has 168 valence electrons. The van der Waals surface area contributed by atoms with Crippen LogP contribution in [0.5, 0.6) is 0 Å². The number of aromatic nitrogens is 2. The SMILES string of the molecule is O=C1C(Cc2c(Cl)cccc2Cl)CCN1[C@@H]1CCCc2nn(S(=O)(=O)C(F)(F)F)cc21. The van der Waals surface area contributed by atoms with E-state index in [2.05, 4.69) is 5.10 Å². The summed E-state index contributed by atoms with van der Waals surface area (Å²) >= 11 is 12.4. The summed E-state index contributed by atoms with van der Waals surface area (Å²) in [5.74, 6) is -0.517. The van der Waals surface area contributed by atoms with Gasteiger partial charge in [-0.3, -0.25) is 4.79 Å². The van der Waals surface area contributed by atoms with Crippen molar-refractivity contribution in [2.45, 2.75) is 43.7 Å². The van der Waals surface area contributed by atoms with Crippen molar-refractivity contribution in [3.63, 3.8) is 0 Å². The lowest BCUT2D eigenvalue weighted by atomic mass is 9.92. The Morgan fingerprint density at radius 2 is 1.84 bits per heavy atom. The van der Waals surface area contributed by atoms with Gasteiger partial charge in [0.2, 0.25) is 5.91 Å². The van der Waals surface area contributed by atoms with Gasteiger partial charge in [0.25, 0.3) is 0 Å². The van der Waals surface area contributed by atoms with E-state index in [1.165, 1.54) is 0 Å². The van der Waals surface area contributed by atoms with E-state index in [1.807, 2.05) is 0 Å². The van der Waals surface area contributed by atoms with Crippen molar-refractivity contribution < 1.29 is 26.4 Å². The van der Waals surface area contributed by atoms with Crippen LogP contribution in [0.1, 0.15) is 42.1 Å². The molecule has 0 radical (unpaired) electrons. The first-order chi connectivity index (χ1) is 14.5. The van der Waals surface area contributed by atoms with E-state index in [0.29, 0.717) is 59.8 Å². The highest BCUT2D eigenvalue weighted by molar-refractivity contribution is 7.90. The summed E-state index contributed by atoms with van der Waals surface area (Å²) in [6.45, 7) is 0.410. The molecule has 2 heterocycles. The lowest BCUT2D eigenvalue weighted by Crippen LogP contribution is -2.34. The highest BCUT2D eigenvalue weighted by atomic mass is 35.5. The molecule has 2 atom stereocenters. The van der Waals surface area contributed by atoms with Crippen LogP contribution in [0.25, 0.3) is 0 Å². The predicted molar refractivity (Wildman–Crippen MR) is 108 cm³/mol. The third-order valence-electron chi connectivity index (χ3n) is 5.83. The molecule has 1 unspecified atom stereocenters. The molecule has 31 heavy (non-hydrogen) atoms. The first-order valence-electron chi connectivity index (χ1n) is 9.64. The zero-order valence-electron chi connectivity index (χ0n) is 16.1.